The first-order valence-corrected chi connectivity index (χ1v) is 11.4. The number of carbonyl (C=O) groups is 5. The number of carboxylic acid groups (broad SMARTS) is 2. The summed E-state index contributed by atoms with van der Waals surface area (Å²) in [6.07, 6.45) is -0.598. The lowest BCUT2D eigenvalue weighted by molar-refractivity contribution is -0.140. The van der Waals surface area contributed by atoms with E-state index in [1.807, 2.05) is 6.07 Å². The van der Waals surface area contributed by atoms with Gasteiger partial charge in [0.15, 0.2) is 0 Å². The number of phenols is 1. The molecule has 3 unspecified atom stereocenters. The van der Waals surface area contributed by atoms with Crippen LogP contribution in [0.1, 0.15) is 24.0 Å². The number of nitrogens with one attached hydrogen (secondary N) is 3. The number of hydrogen-bond donors (Lipinski definition) is 7. The van der Waals surface area contributed by atoms with Crippen LogP contribution in [0.25, 0.3) is 0 Å². The predicted molar refractivity (Wildman–Crippen MR) is 131 cm³/mol. The molecule has 37 heavy (non-hydrogen) atoms. The van der Waals surface area contributed by atoms with Crippen LogP contribution >= 0.6 is 0 Å². The first kappa shape index (κ1) is 28.8. The highest BCUT2D eigenvalue weighted by Gasteiger charge is 2.29. The second-order valence-electron chi connectivity index (χ2n) is 8.33. The van der Waals surface area contributed by atoms with E-state index in [0.717, 1.165) is 5.56 Å². The molecule has 0 radical (unpaired) electrons. The molecule has 198 valence electrons. The van der Waals surface area contributed by atoms with Gasteiger partial charge in [0.25, 0.3) is 0 Å². The molecule has 12 nitrogen and oxygen atoms in total. The van der Waals surface area contributed by atoms with E-state index in [0.29, 0.717) is 5.56 Å². The smallest absolute Gasteiger partial charge is 0.322 e. The van der Waals surface area contributed by atoms with Crippen LogP contribution in [-0.4, -0.2) is 69.7 Å². The number of aromatic hydroxyl groups is 1. The van der Waals surface area contributed by atoms with Crippen LogP contribution in [0.4, 0.5) is 0 Å². The zero-order valence-corrected chi connectivity index (χ0v) is 19.9. The van der Waals surface area contributed by atoms with Gasteiger partial charge in [-0.05, 0) is 36.1 Å². The summed E-state index contributed by atoms with van der Waals surface area (Å²) >= 11 is 0. The lowest BCUT2D eigenvalue weighted by Crippen LogP contribution is -2.57. The van der Waals surface area contributed by atoms with Gasteiger partial charge in [-0.3, -0.25) is 24.0 Å². The summed E-state index contributed by atoms with van der Waals surface area (Å²) in [7, 11) is 0. The van der Waals surface area contributed by atoms with E-state index in [1.54, 1.807) is 36.4 Å². The van der Waals surface area contributed by atoms with Gasteiger partial charge in [-0.15, -0.1) is 0 Å². The topological polar surface area (TPSA) is 208 Å². The molecular weight excluding hydrogens is 484 g/mol. The van der Waals surface area contributed by atoms with E-state index in [1.165, 1.54) is 12.1 Å². The largest absolute Gasteiger partial charge is 0.508 e. The molecule has 0 saturated heterocycles. The number of hydrogen-bond acceptors (Lipinski definition) is 7. The van der Waals surface area contributed by atoms with E-state index in [-0.39, 0.29) is 25.0 Å². The highest BCUT2D eigenvalue weighted by atomic mass is 16.4. The Bertz CT molecular complexity index is 1090. The monoisotopic (exact) mass is 514 g/mol. The van der Waals surface area contributed by atoms with Crippen LogP contribution in [0, 0.1) is 0 Å². The minimum atomic E-state index is -1.36. The average Bonchev–Trinajstić information content (AvgIpc) is 2.86. The number of aliphatic carboxylic acids is 2. The summed E-state index contributed by atoms with van der Waals surface area (Å²) in [5, 5.41) is 34.4. The Morgan fingerprint density at radius 3 is 1.92 bits per heavy atom. The van der Waals surface area contributed by atoms with Gasteiger partial charge in [0, 0.05) is 12.8 Å². The fourth-order valence-corrected chi connectivity index (χ4v) is 3.41. The summed E-state index contributed by atoms with van der Waals surface area (Å²) in [5.41, 5.74) is 7.44. The number of phenolic OH excluding ortho intramolecular Hbond substituents is 1. The van der Waals surface area contributed by atoms with Crippen LogP contribution < -0.4 is 21.7 Å². The van der Waals surface area contributed by atoms with Gasteiger partial charge in [0.05, 0.1) is 6.04 Å². The molecule has 0 aliphatic carbocycles. The molecule has 2 aromatic rings. The first-order chi connectivity index (χ1) is 17.5. The Kier molecular flexibility index (Phi) is 11.0. The van der Waals surface area contributed by atoms with Gasteiger partial charge in [0.1, 0.15) is 24.4 Å². The van der Waals surface area contributed by atoms with E-state index < -0.39 is 60.8 Å². The standard InChI is InChI=1S/C25H30N4O8/c26-18(12-15-4-2-1-3-5-15)23(35)29-20(13-16-6-8-17(30)9-7-16)25(37)28-19(10-11-21(31)32)24(36)27-14-22(33)34/h1-9,18-20,30H,10-14,26H2,(H,27,36)(H,28,37)(H,29,35)(H,31,32)(H,33,34). The molecule has 3 atom stereocenters. The van der Waals surface area contributed by atoms with Crippen molar-refractivity contribution in [2.45, 2.75) is 43.8 Å². The highest BCUT2D eigenvalue weighted by Crippen LogP contribution is 2.12. The quantitative estimate of drug-likeness (QED) is 0.174. The fourth-order valence-electron chi connectivity index (χ4n) is 3.41. The summed E-state index contributed by atoms with van der Waals surface area (Å²) in [6, 6.07) is 11.4. The fraction of sp³-hybridized carbons (Fsp3) is 0.320. The first-order valence-electron chi connectivity index (χ1n) is 11.4. The Labute approximate surface area is 212 Å². The van der Waals surface area contributed by atoms with Crippen LogP contribution in [-0.2, 0) is 36.8 Å². The Balaban J connectivity index is 2.19. The van der Waals surface area contributed by atoms with Crippen molar-refractivity contribution >= 4 is 29.7 Å². The number of amides is 3. The molecular formula is C25H30N4O8. The molecule has 2 aromatic carbocycles. The summed E-state index contributed by atoms with van der Waals surface area (Å²) in [6.45, 7) is -0.722. The molecule has 3 amide bonds. The Hall–Kier alpha value is -4.45. The molecule has 12 heteroatoms. The summed E-state index contributed by atoms with van der Waals surface area (Å²) in [4.78, 5) is 60.3. The minimum Gasteiger partial charge on any atom is -0.508 e. The van der Waals surface area contributed by atoms with Crippen molar-refractivity contribution in [3.8, 4) is 5.75 Å². The third kappa shape index (κ3) is 10.4. The van der Waals surface area contributed by atoms with Gasteiger partial charge in [-0.1, -0.05) is 42.5 Å². The molecule has 0 bridgehead atoms. The van der Waals surface area contributed by atoms with E-state index in [4.69, 9.17) is 15.9 Å². The summed E-state index contributed by atoms with van der Waals surface area (Å²) < 4.78 is 0. The third-order valence-electron chi connectivity index (χ3n) is 5.34. The zero-order valence-electron chi connectivity index (χ0n) is 19.9. The number of benzene rings is 2. The van der Waals surface area contributed by atoms with Crippen molar-refractivity contribution in [2.75, 3.05) is 6.54 Å². The van der Waals surface area contributed by atoms with Gasteiger partial charge < -0.3 is 37.0 Å². The van der Waals surface area contributed by atoms with E-state index in [9.17, 15) is 29.1 Å². The van der Waals surface area contributed by atoms with E-state index in [2.05, 4.69) is 16.0 Å². The second kappa shape index (κ2) is 14.2. The van der Waals surface area contributed by atoms with Crippen LogP contribution in [0.2, 0.25) is 0 Å². The molecule has 0 heterocycles. The van der Waals surface area contributed by atoms with Crippen LogP contribution in [0.15, 0.2) is 54.6 Å². The lowest BCUT2D eigenvalue weighted by Gasteiger charge is -2.24. The van der Waals surface area contributed by atoms with Gasteiger partial charge in [0.2, 0.25) is 17.7 Å². The van der Waals surface area contributed by atoms with E-state index >= 15 is 0 Å². The maximum absolute atomic E-state index is 13.2. The normalized spacial score (nSPS) is 13.0. The van der Waals surface area contributed by atoms with Crippen molar-refractivity contribution in [3.05, 3.63) is 65.7 Å². The SMILES string of the molecule is NC(Cc1ccccc1)C(=O)NC(Cc1ccc(O)cc1)C(=O)NC(CCC(=O)O)C(=O)NCC(=O)O. The van der Waals surface area contributed by atoms with Gasteiger partial charge >= 0.3 is 11.9 Å². The number of rotatable bonds is 14. The Morgan fingerprint density at radius 1 is 0.730 bits per heavy atom. The molecule has 0 spiro atoms. The molecule has 0 aliphatic heterocycles. The summed E-state index contributed by atoms with van der Waals surface area (Å²) in [5.74, 6) is -4.84. The number of carboxylic acids is 2. The third-order valence-corrected chi connectivity index (χ3v) is 5.34. The van der Waals surface area contributed by atoms with Crippen molar-refractivity contribution in [1.29, 1.82) is 0 Å². The van der Waals surface area contributed by atoms with Gasteiger partial charge in [-0.25, -0.2) is 0 Å². The molecule has 0 fully saturated rings. The van der Waals surface area contributed by atoms with Crippen LogP contribution in [0.5, 0.6) is 5.75 Å². The highest BCUT2D eigenvalue weighted by molar-refractivity contribution is 5.94. The van der Waals surface area contributed by atoms with Crippen molar-refractivity contribution in [2.24, 2.45) is 5.73 Å². The van der Waals surface area contributed by atoms with Gasteiger partial charge in [-0.2, -0.15) is 0 Å². The molecule has 8 N–H and O–H groups in total. The molecule has 0 aliphatic rings. The van der Waals surface area contributed by atoms with Crippen molar-refractivity contribution < 1.29 is 39.3 Å². The molecule has 2 rings (SSSR count). The van der Waals surface area contributed by atoms with Crippen LogP contribution in [0.3, 0.4) is 0 Å². The van der Waals surface area contributed by atoms with Crippen molar-refractivity contribution in [3.63, 3.8) is 0 Å². The maximum atomic E-state index is 13.2. The average molecular weight is 515 g/mol. The second-order valence-corrected chi connectivity index (χ2v) is 8.33. The number of nitrogens with two attached hydrogens (primary N) is 1. The maximum Gasteiger partial charge on any atom is 0.322 e. The molecule has 0 aromatic heterocycles. The number of carbonyl (C=O) groups excluding carboxylic acids is 3. The minimum absolute atomic E-state index is 0.00232. The Morgan fingerprint density at radius 2 is 1.32 bits per heavy atom. The van der Waals surface area contributed by atoms with Crippen molar-refractivity contribution in [1.82, 2.24) is 16.0 Å². The molecule has 0 saturated carbocycles. The predicted octanol–water partition coefficient (Wildman–Crippen LogP) is -0.460. The zero-order chi connectivity index (χ0) is 27.4. The lowest BCUT2D eigenvalue weighted by atomic mass is 10.0.